The van der Waals surface area contributed by atoms with E-state index in [1.54, 1.807) is 47.6 Å². The normalized spacial score (nSPS) is 11.8. The first-order valence-corrected chi connectivity index (χ1v) is 26.7. The van der Waals surface area contributed by atoms with E-state index in [0.29, 0.717) is 40.5 Å². The van der Waals surface area contributed by atoms with Gasteiger partial charge < -0.3 is 35.9 Å². The predicted molar refractivity (Wildman–Crippen MR) is 288 cm³/mol. The van der Waals surface area contributed by atoms with E-state index in [0.717, 1.165) is 58.6 Å². The van der Waals surface area contributed by atoms with Crippen LogP contribution in [0.1, 0.15) is 276 Å². The summed E-state index contributed by atoms with van der Waals surface area (Å²) in [4.78, 5) is 11.8. The molecule has 0 aliphatic heterocycles. The van der Waals surface area contributed by atoms with Gasteiger partial charge in [-0.25, -0.2) is 36.9 Å². The minimum Gasteiger partial charge on any atom is -0.449 e. The van der Waals surface area contributed by atoms with Crippen LogP contribution >= 0.6 is 0 Å². The molecule has 0 fully saturated rings. The number of hydrogen-bond donors (Lipinski definition) is 0. The summed E-state index contributed by atoms with van der Waals surface area (Å²) in [7, 11) is 0. The molecule has 8 rings (SSSR count). The molecule has 8 aromatic rings. The van der Waals surface area contributed by atoms with Crippen molar-refractivity contribution in [2.45, 2.75) is 217 Å². The summed E-state index contributed by atoms with van der Waals surface area (Å²) in [6.07, 6.45) is -11.0. The molecule has 0 bridgehead atoms. The Kier molecular flexibility index (Phi) is 31.5. The number of halogens is 11. The summed E-state index contributed by atoms with van der Waals surface area (Å²) in [5.74, 6) is 3.80. The van der Waals surface area contributed by atoms with Crippen molar-refractivity contribution >= 4 is 0 Å². The highest BCUT2D eigenvalue weighted by molar-refractivity contribution is 5.15. The highest BCUT2D eigenvalue weighted by Crippen LogP contribution is 2.32. The SMILES string of the molecule is CC(C)c1cc(C(C)F)no1.CC(C)c1cc(C(F)(F)F)no1.CC(C)c1cc(C(F)(F)F)on1.CC(C)c1cc(C(F)F)on1.CC(C)c1ncoc1C(F)F.Cc1cc(C(C)C)on1.Cc1ocnc1C(C)C.Cc1ocnc1C(C)C. The van der Waals surface area contributed by atoms with Gasteiger partial charge in [0, 0.05) is 48.1 Å². The minimum absolute atomic E-state index is 0.0160. The van der Waals surface area contributed by atoms with E-state index in [2.05, 4.69) is 100 Å². The number of aromatic nitrogens is 8. The molecule has 0 amide bonds. The van der Waals surface area contributed by atoms with E-state index in [4.69, 9.17) is 17.9 Å². The molecule has 0 saturated carbocycles. The van der Waals surface area contributed by atoms with Crippen LogP contribution < -0.4 is 0 Å². The predicted octanol–water partition coefficient (Wildman–Crippen LogP) is 20.3. The van der Waals surface area contributed by atoms with E-state index < -0.39 is 42.8 Å². The van der Waals surface area contributed by atoms with Crippen LogP contribution in [0.3, 0.4) is 0 Å². The maximum atomic E-state index is 12.6. The van der Waals surface area contributed by atoms with Crippen molar-refractivity contribution in [2.75, 3.05) is 0 Å². The lowest BCUT2D eigenvalue weighted by molar-refractivity contribution is -0.155. The van der Waals surface area contributed by atoms with Crippen LogP contribution in [0.5, 0.6) is 0 Å². The van der Waals surface area contributed by atoms with Gasteiger partial charge in [-0.1, -0.05) is 137 Å². The Bertz CT molecular complexity index is 2770. The Labute approximate surface area is 482 Å². The fourth-order valence-corrected chi connectivity index (χ4v) is 6.09. The molecule has 84 heavy (non-hydrogen) atoms. The summed E-state index contributed by atoms with van der Waals surface area (Å²) in [6.45, 7) is 38.1. The zero-order chi connectivity index (χ0) is 64.6. The molecule has 1 atom stereocenters. The number of hydrogen-bond acceptors (Lipinski definition) is 16. The third-order valence-electron chi connectivity index (χ3n) is 10.9. The fourth-order valence-electron chi connectivity index (χ4n) is 6.09. The van der Waals surface area contributed by atoms with Gasteiger partial charge in [-0.15, -0.1) is 0 Å². The summed E-state index contributed by atoms with van der Waals surface area (Å²) in [6, 6.07) is 6.75. The molecule has 16 nitrogen and oxygen atoms in total. The maximum absolute atomic E-state index is 12.6. The summed E-state index contributed by atoms with van der Waals surface area (Å²) >= 11 is 0. The van der Waals surface area contributed by atoms with Gasteiger partial charge in [0.1, 0.15) is 40.7 Å². The monoisotopic (exact) mass is 1210 g/mol. The van der Waals surface area contributed by atoms with Crippen molar-refractivity contribution in [3.63, 3.8) is 0 Å². The van der Waals surface area contributed by atoms with Crippen molar-refractivity contribution in [1.82, 2.24) is 40.7 Å². The van der Waals surface area contributed by atoms with Crippen LogP contribution in [-0.4, -0.2) is 40.7 Å². The van der Waals surface area contributed by atoms with Gasteiger partial charge in [0.2, 0.25) is 11.5 Å². The van der Waals surface area contributed by atoms with Crippen molar-refractivity contribution in [3.05, 3.63) is 141 Å². The van der Waals surface area contributed by atoms with E-state index >= 15 is 0 Å². The third-order valence-corrected chi connectivity index (χ3v) is 10.9. The molecule has 0 N–H and O–H groups in total. The smallest absolute Gasteiger partial charge is 0.449 e. The number of nitrogens with zero attached hydrogens (tertiary/aromatic N) is 8. The van der Waals surface area contributed by atoms with Crippen LogP contribution in [0.4, 0.5) is 48.3 Å². The minimum atomic E-state index is -4.43. The molecular formula is C57H79F11N8O8. The zero-order valence-electron chi connectivity index (χ0n) is 51.0. The van der Waals surface area contributed by atoms with Gasteiger partial charge in [-0.3, -0.25) is 0 Å². The Balaban J connectivity index is 0.000000481. The second kappa shape index (κ2) is 35.3. The highest BCUT2D eigenvalue weighted by Gasteiger charge is 2.37. The first-order valence-electron chi connectivity index (χ1n) is 26.7. The quantitative estimate of drug-likeness (QED) is 0.110. The van der Waals surface area contributed by atoms with Gasteiger partial charge in [-0.05, 0) is 57.3 Å². The van der Waals surface area contributed by atoms with Crippen molar-refractivity contribution in [3.8, 4) is 0 Å². The molecule has 0 saturated heterocycles. The van der Waals surface area contributed by atoms with E-state index in [-0.39, 0.29) is 46.9 Å². The Hall–Kier alpha value is -7.09. The van der Waals surface area contributed by atoms with Gasteiger partial charge in [-0.2, -0.15) is 26.3 Å². The van der Waals surface area contributed by atoms with Crippen molar-refractivity contribution in [1.29, 1.82) is 0 Å². The molecule has 0 aliphatic carbocycles. The molecular weight excluding hydrogens is 1130 g/mol. The first-order chi connectivity index (χ1) is 38.8. The van der Waals surface area contributed by atoms with Crippen molar-refractivity contribution < 1.29 is 84.2 Å². The lowest BCUT2D eigenvalue weighted by Gasteiger charge is -2.01. The van der Waals surface area contributed by atoms with Crippen LogP contribution in [0.25, 0.3) is 0 Å². The molecule has 8 aromatic heterocycles. The molecule has 1 unspecified atom stereocenters. The second-order valence-corrected chi connectivity index (χ2v) is 21.0. The van der Waals surface area contributed by atoms with E-state index in [1.807, 2.05) is 54.5 Å². The molecule has 0 aliphatic rings. The summed E-state index contributed by atoms with van der Waals surface area (Å²) < 4.78 is 170. The fraction of sp³-hybridized carbons (Fsp3) is 0.579. The summed E-state index contributed by atoms with van der Waals surface area (Å²) in [5.41, 5.74) is 3.74. The van der Waals surface area contributed by atoms with Crippen LogP contribution in [0.2, 0.25) is 0 Å². The molecule has 27 heteroatoms. The average molecular weight is 1210 g/mol. The Morgan fingerprint density at radius 3 is 0.976 bits per heavy atom. The number of oxazole rings is 3. The van der Waals surface area contributed by atoms with E-state index in [9.17, 15) is 48.3 Å². The Morgan fingerprint density at radius 2 is 0.738 bits per heavy atom. The third kappa shape index (κ3) is 26.7. The van der Waals surface area contributed by atoms with Gasteiger partial charge in [0.05, 0.1) is 34.2 Å². The largest absolute Gasteiger partial charge is 0.452 e. The van der Waals surface area contributed by atoms with Gasteiger partial charge >= 0.3 is 12.4 Å². The topological polar surface area (TPSA) is 208 Å². The zero-order valence-corrected chi connectivity index (χ0v) is 51.0. The second-order valence-electron chi connectivity index (χ2n) is 21.0. The lowest BCUT2D eigenvalue weighted by Crippen LogP contribution is -2.04. The maximum Gasteiger partial charge on any atom is 0.452 e. The summed E-state index contributed by atoms with van der Waals surface area (Å²) in [5, 5.41) is 17.0. The molecule has 472 valence electrons. The lowest BCUT2D eigenvalue weighted by atomic mass is 10.1. The Morgan fingerprint density at radius 1 is 0.357 bits per heavy atom. The number of aryl methyl sites for hydroxylation is 3. The van der Waals surface area contributed by atoms with Gasteiger partial charge in [0.25, 0.3) is 12.9 Å². The standard InChI is InChI=1S/C8H12FNO.2C7H8F3NO.2C7H9F2NO.3C7H11NO/c1-5(2)8-4-7(6(3)9)10-11-8;1-4(2)5-3-6(11-12-5)7(8,9)10;1-4(2)5-3-6(12-11-5)7(8,9)10;1-4(2)5-6(7(8)9)11-3-10-5;1-4(2)5-3-6(7(8)9)11-10-5;2*1-5(2)7-6(3)9-4-8-7;1-5(2)7-4-6(3)8-9-7/h4-6H,1-3H3;2*3-4H,1-2H3;2*3-4,7H,1-2H3;3*4-5H,1-3H3. The van der Waals surface area contributed by atoms with E-state index in [1.165, 1.54) is 25.8 Å². The van der Waals surface area contributed by atoms with Crippen LogP contribution in [0, 0.1) is 20.8 Å². The van der Waals surface area contributed by atoms with Crippen molar-refractivity contribution in [2.24, 2.45) is 0 Å². The number of alkyl halides is 11. The average Bonchev–Trinajstić information content (AvgIpc) is 4.30. The molecule has 0 spiro atoms. The molecule has 0 radical (unpaired) electrons. The molecule has 8 heterocycles. The van der Waals surface area contributed by atoms with Gasteiger partial charge in [0.15, 0.2) is 30.6 Å². The number of rotatable bonds is 11. The highest BCUT2D eigenvalue weighted by atomic mass is 19.4. The van der Waals surface area contributed by atoms with Crippen LogP contribution in [0.15, 0.2) is 85.4 Å². The molecule has 0 aromatic carbocycles. The first kappa shape index (κ1) is 74.9. The van der Waals surface area contributed by atoms with Crippen LogP contribution in [-0.2, 0) is 12.4 Å².